The maximum Gasteiger partial charge on any atom is 0.243 e. The molecule has 0 aromatic carbocycles. The molecule has 1 amide bonds. The van der Waals surface area contributed by atoms with Crippen LogP contribution in [0.15, 0.2) is 4.52 Å². The van der Waals surface area contributed by atoms with Gasteiger partial charge in [-0.25, -0.2) is 0 Å². The molecule has 1 saturated heterocycles. The van der Waals surface area contributed by atoms with Gasteiger partial charge >= 0.3 is 0 Å². The Morgan fingerprint density at radius 2 is 2.00 bits per heavy atom. The summed E-state index contributed by atoms with van der Waals surface area (Å²) in [7, 11) is 0. The molecular weight excluding hydrogens is 244 g/mol. The third-order valence-corrected chi connectivity index (χ3v) is 4.00. The molecule has 6 nitrogen and oxygen atoms in total. The van der Waals surface area contributed by atoms with Gasteiger partial charge in [0, 0.05) is 32.1 Å². The molecular formula is C13H20N4O2. The second-order valence-electron chi connectivity index (χ2n) is 5.49. The Morgan fingerprint density at radius 3 is 2.53 bits per heavy atom. The van der Waals surface area contributed by atoms with Crippen LogP contribution in [0, 0.1) is 12.8 Å². The number of hydrogen-bond acceptors (Lipinski definition) is 5. The van der Waals surface area contributed by atoms with E-state index in [4.69, 9.17) is 4.52 Å². The van der Waals surface area contributed by atoms with Crippen molar-refractivity contribution in [3.05, 3.63) is 11.7 Å². The van der Waals surface area contributed by atoms with Crippen LogP contribution >= 0.6 is 0 Å². The number of carbonyl (C=O) groups is 1. The molecule has 0 unspecified atom stereocenters. The number of amides is 1. The normalized spacial score (nSPS) is 22.5. The molecule has 19 heavy (non-hydrogen) atoms. The van der Waals surface area contributed by atoms with E-state index in [2.05, 4.69) is 22.0 Å². The van der Waals surface area contributed by atoms with Crippen molar-refractivity contribution in [3.63, 3.8) is 0 Å². The Labute approximate surface area is 112 Å². The van der Waals surface area contributed by atoms with Crippen LogP contribution in [0.1, 0.15) is 37.5 Å². The van der Waals surface area contributed by atoms with Gasteiger partial charge < -0.3 is 9.42 Å². The van der Waals surface area contributed by atoms with E-state index < -0.39 is 0 Å². The summed E-state index contributed by atoms with van der Waals surface area (Å²) in [6.07, 6.45) is 2.16. The standard InChI is InChI=1S/C13H20N4O2/c1-9(12-14-10(2)15-19-12)16-5-7-17(8-6-16)13(18)11-3-4-11/h9,11H,3-8H2,1-2H3/t9-/m0/s1. The molecule has 1 aliphatic heterocycles. The number of piperazine rings is 1. The van der Waals surface area contributed by atoms with Gasteiger partial charge in [0.05, 0.1) is 6.04 Å². The van der Waals surface area contributed by atoms with Gasteiger partial charge in [-0.2, -0.15) is 4.98 Å². The Balaban J connectivity index is 1.56. The summed E-state index contributed by atoms with van der Waals surface area (Å²) in [5.41, 5.74) is 0. The van der Waals surface area contributed by atoms with Crippen molar-refractivity contribution in [2.75, 3.05) is 26.2 Å². The lowest BCUT2D eigenvalue weighted by molar-refractivity contribution is -0.134. The van der Waals surface area contributed by atoms with Crippen LogP contribution < -0.4 is 0 Å². The SMILES string of the molecule is Cc1noc([C@H](C)N2CCN(C(=O)C3CC3)CC2)n1. The van der Waals surface area contributed by atoms with Gasteiger partial charge in [-0.3, -0.25) is 9.69 Å². The minimum absolute atomic E-state index is 0.124. The summed E-state index contributed by atoms with van der Waals surface area (Å²) in [6.45, 7) is 7.28. The maximum atomic E-state index is 12.0. The van der Waals surface area contributed by atoms with Crippen molar-refractivity contribution in [1.29, 1.82) is 0 Å². The highest BCUT2D eigenvalue weighted by molar-refractivity contribution is 5.81. The third kappa shape index (κ3) is 2.63. The quantitative estimate of drug-likeness (QED) is 0.814. The van der Waals surface area contributed by atoms with Gasteiger partial charge in [0.1, 0.15) is 0 Å². The Bertz CT molecular complexity index is 461. The summed E-state index contributed by atoms with van der Waals surface area (Å²) in [5.74, 6) is 2.01. The van der Waals surface area contributed by atoms with Crippen LogP contribution in [-0.2, 0) is 4.79 Å². The van der Waals surface area contributed by atoms with Crippen LogP contribution in [0.4, 0.5) is 0 Å². The molecule has 1 aromatic heterocycles. The van der Waals surface area contributed by atoms with Gasteiger partial charge in [0.25, 0.3) is 0 Å². The summed E-state index contributed by atoms with van der Waals surface area (Å²) in [4.78, 5) is 20.6. The Morgan fingerprint density at radius 1 is 1.32 bits per heavy atom. The van der Waals surface area contributed by atoms with Crippen LogP contribution in [0.2, 0.25) is 0 Å². The largest absolute Gasteiger partial charge is 0.340 e. The number of rotatable bonds is 3. The van der Waals surface area contributed by atoms with E-state index in [-0.39, 0.29) is 6.04 Å². The van der Waals surface area contributed by atoms with Gasteiger partial charge in [-0.1, -0.05) is 5.16 Å². The topological polar surface area (TPSA) is 62.5 Å². The van der Waals surface area contributed by atoms with Crippen LogP contribution in [-0.4, -0.2) is 52.0 Å². The predicted octanol–water partition coefficient (Wildman–Crippen LogP) is 0.993. The summed E-state index contributed by atoms with van der Waals surface area (Å²) in [6, 6.07) is 0.124. The minimum atomic E-state index is 0.124. The first-order valence-electron chi connectivity index (χ1n) is 6.98. The van der Waals surface area contributed by atoms with Gasteiger partial charge in [-0.15, -0.1) is 0 Å². The van der Waals surface area contributed by atoms with E-state index in [9.17, 15) is 4.79 Å². The van der Waals surface area contributed by atoms with E-state index in [1.54, 1.807) is 0 Å². The van der Waals surface area contributed by atoms with Gasteiger partial charge in [-0.05, 0) is 26.7 Å². The molecule has 0 radical (unpaired) electrons. The summed E-state index contributed by atoms with van der Waals surface area (Å²) >= 11 is 0. The predicted molar refractivity (Wildman–Crippen MR) is 68.3 cm³/mol. The number of carbonyl (C=O) groups excluding carboxylic acids is 1. The molecule has 104 valence electrons. The van der Waals surface area contributed by atoms with Crippen molar-refractivity contribution in [3.8, 4) is 0 Å². The summed E-state index contributed by atoms with van der Waals surface area (Å²) in [5, 5.41) is 3.83. The molecule has 1 aromatic rings. The number of aryl methyl sites for hydroxylation is 1. The molecule has 6 heteroatoms. The zero-order valence-corrected chi connectivity index (χ0v) is 11.5. The number of hydrogen-bond donors (Lipinski definition) is 0. The fraction of sp³-hybridized carbons (Fsp3) is 0.769. The molecule has 2 aliphatic rings. The first-order valence-corrected chi connectivity index (χ1v) is 6.98. The smallest absolute Gasteiger partial charge is 0.243 e. The van der Waals surface area contributed by atoms with Crippen molar-refractivity contribution in [2.45, 2.75) is 32.7 Å². The maximum absolute atomic E-state index is 12.0. The summed E-state index contributed by atoms with van der Waals surface area (Å²) < 4.78 is 5.22. The Kier molecular flexibility index (Phi) is 3.26. The highest BCUT2D eigenvalue weighted by Crippen LogP contribution is 2.31. The highest BCUT2D eigenvalue weighted by atomic mass is 16.5. The Hall–Kier alpha value is -1.43. The molecule has 3 rings (SSSR count). The monoisotopic (exact) mass is 264 g/mol. The molecule has 1 atom stereocenters. The average molecular weight is 264 g/mol. The van der Waals surface area contributed by atoms with Gasteiger partial charge in [0.2, 0.25) is 11.8 Å². The lowest BCUT2D eigenvalue weighted by atomic mass is 10.2. The first-order chi connectivity index (χ1) is 9.15. The number of nitrogens with zero attached hydrogens (tertiary/aromatic N) is 4. The first kappa shape index (κ1) is 12.6. The lowest BCUT2D eigenvalue weighted by Gasteiger charge is -2.36. The molecule has 1 aliphatic carbocycles. The minimum Gasteiger partial charge on any atom is -0.340 e. The molecule has 2 fully saturated rings. The van der Waals surface area contributed by atoms with E-state index >= 15 is 0 Å². The zero-order valence-electron chi connectivity index (χ0n) is 11.5. The fourth-order valence-electron chi connectivity index (χ4n) is 2.56. The van der Waals surface area contributed by atoms with Crippen molar-refractivity contribution in [2.24, 2.45) is 5.92 Å². The zero-order chi connectivity index (χ0) is 13.4. The molecule has 0 spiro atoms. The van der Waals surface area contributed by atoms with E-state index in [1.807, 2.05) is 11.8 Å². The van der Waals surface area contributed by atoms with E-state index in [0.717, 1.165) is 39.0 Å². The van der Waals surface area contributed by atoms with Gasteiger partial charge in [0.15, 0.2) is 5.82 Å². The fourth-order valence-corrected chi connectivity index (χ4v) is 2.56. The van der Waals surface area contributed by atoms with Crippen molar-refractivity contribution in [1.82, 2.24) is 19.9 Å². The second-order valence-corrected chi connectivity index (χ2v) is 5.49. The molecule has 2 heterocycles. The van der Waals surface area contributed by atoms with E-state index in [0.29, 0.717) is 23.5 Å². The van der Waals surface area contributed by atoms with Crippen LogP contribution in [0.25, 0.3) is 0 Å². The van der Waals surface area contributed by atoms with Crippen molar-refractivity contribution < 1.29 is 9.32 Å². The van der Waals surface area contributed by atoms with Crippen LogP contribution in [0.5, 0.6) is 0 Å². The average Bonchev–Trinajstić information content (AvgIpc) is 3.19. The second kappa shape index (κ2) is 4.92. The third-order valence-electron chi connectivity index (χ3n) is 4.00. The molecule has 1 saturated carbocycles. The van der Waals surface area contributed by atoms with E-state index in [1.165, 1.54) is 0 Å². The highest BCUT2D eigenvalue weighted by Gasteiger charge is 2.35. The van der Waals surface area contributed by atoms with Crippen molar-refractivity contribution >= 4 is 5.91 Å². The number of aromatic nitrogens is 2. The lowest BCUT2D eigenvalue weighted by Crippen LogP contribution is -2.49. The molecule has 0 bridgehead atoms. The molecule has 0 N–H and O–H groups in total. The van der Waals surface area contributed by atoms with Crippen LogP contribution in [0.3, 0.4) is 0 Å².